The number of carboxylic acid groups (broad SMARTS) is 1. The van der Waals surface area contributed by atoms with Crippen molar-refractivity contribution in [1.29, 1.82) is 0 Å². The number of benzene rings is 1. The van der Waals surface area contributed by atoms with Crippen molar-refractivity contribution in [1.82, 2.24) is 0 Å². The van der Waals surface area contributed by atoms with Crippen molar-refractivity contribution in [3.05, 3.63) is 28.8 Å². The molecule has 0 saturated heterocycles. The van der Waals surface area contributed by atoms with Crippen molar-refractivity contribution >= 4 is 5.97 Å². The zero-order valence-corrected chi connectivity index (χ0v) is 16.4. The molecule has 136 valence electrons. The van der Waals surface area contributed by atoms with Crippen molar-refractivity contribution < 1.29 is 14.6 Å². The number of ether oxygens (including phenoxy) is 1. The smallest absolute Gasteiger partial charge is 0.126 e. The Morgan fingerprint density at radius 3 is 1.83 bits per heavy atom. The second-order valence-corrected chi connectivity index (χ2v) is 8.60. The Hall–Kier alpha value is -1.51. The van der Waals surface area contributed by atoms with Crippen LogP contribution in [0.1, 0.15) is 95.6 Å². The molecule has 0 spiro atoms. The Morgan fingerprint density at radius 2 is 1.46 bits per heavy atom. The highest BCUT2D eigenvalue weighted by Gasteiger charge is 2.28. The second kappa shape index (κ2) is 8.04. The van der Waals surface area contributed by atoms with Crippen LogP contribution in [0.25, 0.3) is 0 Å². The minimum Gasteiger partial charge on any atom is -0.545 e. The maximum atomic E-state index is 11.5. The summed E-state index contributed by atoms with van der Waals surface area (Å²) >= 11 is 0. The molecule has 0 unspecified atom stereocenters. The topological polar surface area (TPSA) is 49.4 Å². The summed E-state index contributed by atoms with van der Waals surface area (Å²) in [6, 6.07) is 3.43. The summed E-state index contributed by atoms with van der Waals surface area (Å²) in [5.41, 5.74) is 1.69. The molecule has 0 N–H and O–H groups in total. The van der Waals surface area contributed by atoms with Gasteiger partial charge >= 0.3 is 0 Å². The fourth-order valence-corrected chi connectivity index (χ4v) is 2.72. The van der Waals surface area contributed by atoms with E-state index in [2.05, 4.69) is 48.5 Å². The number of hydrogen-bond donors (Lipinski definition) is 0. The number of unbranched alkanes of at least 4 members (excludes halogenated alkanes) is 3. The summed E-state index contributed by atoms with van der Waals surface area (Å²) < 4.78 is 6.19. The molecule has 0 radical (unpaired) electrons. The van der Waals surface area contributed by atoms with E-state index in [4.69, 9.17) is 4.74 Å². The quantitative estimate of drug-likeness (QED) is 0.685. The molecule has 1 aromatic rings. The first-order valence-electron chi connectivity index (χ1n) is 9.01. The summed E-state index contributed by atoms with van der Waals surface area (Å²) in [6.45, 7) is 15.3. The van der Waals surface area contributed by atoms with Gasteiger partial charge in [-0.05, 0) is 34.9 Å². The standard InChI is InChI=1S/C21H34O3/c1-8-9-10-11-12-24-18-16(20(2,3)4)13-15(19(22)23)14-17(18)21(5,6)7/h13-14H,8-12H2,1-7H3,(H,22,23)/p-1. The Labute approximate surface area is 147 Å². The molecule has 0 heterocycles. The number of carbonyl (C=O) groups is 1. The second-order valence-electron chi connectivity index (χ2n) is 8.60. The molecule has 3 heteroatoms. The monoisotopic (exact) mass is 333 g/mol. The largest absolute Gasteiger partial charge is 0.545 e. The van der Waals surface area contributed by atoms with Crippen molar-refractivity contribution in [3.8, 4) is 5.75 Å². The zero-order valence-electron chi connectivity index (χ0n) is 16.4. The Morgan fingerprint density at radius 1 is 0.958 bits per heavy atom. The summed E-state index contributed by atoms with van der Waals surface area (Å²) in [6.07, 6.45) is 4.58. The maximum absolute atomic E-state index is 11.5. The molecule has 0 bridgehead atoms. The fraction of sp³-hybridized carbons (Fsp3) is 0.667. The SMILES string of the molecule is CCCCCCOc1c(C(C)(C)C)cc(C(=O)[O-])cc1C(C)(C)C. The lowest BCUT2D eigenvalue weighted by molar-refractivity contribution is -0.255. The van der Waals surface area contributed by atoms with Crippen LogP contribution in [0.15, 0.2) is 12.1 Å². The number of carboxylic acids is 1. The van der Waals surface area contributed by atoms with Crippen molar-refractivity contribution in [3.63, 3.8) is 0 Å². The van der Waals surface area contributed by atoms with Gasteiger partial charge in [-0.1, -0.05) is 67.7 Å². The predicted octanol–water partition coefficient (Wildman–Crippen LogP) is 4.60. The van der Waals surface area contributed by atoms with Crippen LogP contribution < -0.4 is 9.84 Å². The van der Waals surface area contributed by atoms with E-state index in [9.17, 15) is 9.90 Å². The molecule has 1 aromatic carbocycles. The van der Waals surface area contributed by atoms with E-state index in [1.807, 2.05) is 0 Å². The Bertz CT molecular complexity index is 524. The number of rotatable bonds is 7. The van der Waals surface area contributed by atoms with Crippen LogP contribution in [0.2, 0.25) is 0 Å². The Kier molecular flexibility index (Phi) is 6.88. The summed E-state index contributed by atoms with van der Waals surface area (Å²) in [5.74, 6) is -0.294. The molecule has 1 rings (SSSR count). The van der Waals surface area contributed by atoms with Gasteiger partial charge in [0.2, 0.25) is 0 Å². The van der Waals surface area contributed by atoms with E-state index in [1.165, 1.54) is 12.8 Å². The minimum atomic E-state index is -1.14. The van der Waals surface area contributed by atoms with Gasteiger partial charge in [0.1, 0.15) is 5.75 Å². The van der Waals surface area contributed by atoms with Crippen LogP contribution in [0.3, 0.4) is 0 Å². The first kappa shape index (κ1) is 20.5. The van der Waals surface area contributed by atoms with E-state index < -0.39 is 5.97 Å². The average Bonchev–Trinajstić information content (AvgIpc) is 2.44. The number of hydrogen-bond acceptors (Lipinski definition) is 3. The van der Waals surface area contributed by atoms with Gasteiger partial charge < -0.3 is 14.6 Å². The third kappa shape index (κ3) is 5.54. The van der Waals surface area contributed by atoms with Gasteiger partial charge in [0.15, 0.2) is 0 Å². The highest BCUT2D eigenvalue weighted by atomic mass is 16.5. The van der Waals surface area contributed by atoms with Gasteiger partial charge in [-0.3, -0.25) is 0 Å². The first-order chi connectivity index (χ1) is 11.0. The lowest BCUT2D eigenvalue weighted by atomic mass is 9.78. The highest BCUT2D eigenvalue weighted by Crippen LogP contribution is 2.40. The van der Waals surface area contributed by atoms with Crippen LogP contribution >= 0.6 is 0 Å². The number of aromatic carboxylic acids is 1. The molecule has 0 aliphatic heterocycles. The lowest BCUT2D eigenvalue weighted by Gasteiger charge is -2.31. The third-order valence-corrected chi connectivity index (χ3v) is 4.18. The minimum absolute atomic E-state index is 0.204. The van der Waals surface area contributed by atoms with Crippen molar-refractivity contribution in [2.45, 2.75) is 85.0 Å². The van der Waals surface area contributed by atoms with Gasteiger partial charge in [-0.15, -0.1) is 0 Å². The van der Waals surface area contributed by atoms with Crippen molar-refractivity contribution in [2.75, 3.05) is 6.61 Å². The van der Waals surface area contributed by atoms with Gasteiger partial charge in [-0.2, -0.15) is 0 Å². The molecule has 0 fully saturated rings. The molecular formula is C21H33O3-. The molecule has 0 aromatic heterocycles. The van der Waals surface area contributed by atoms with Crippen LogP contribution in [0.4, 0.5) is 0 Å². The van der Waals surface area contributed by atoms with Crippen LogP contribution in [-0.4, -0.2) is 12.6 Å². The molecule has 0 amide bonds. The predicted molar refractivity (Wildman–Crippen MR) is 97.8 cm³/mol. The third-order valence-electron chi connectivity index (χ3n) is 4.18. The first-order valence-corrected chi connectivity index (χ1v) is 9.01. The molecule has 0 saturated carbocycles. The van der Waals surface area contributed by atoms with E-state index >= 15 is 0 Å². The highest BCUT2D eigenvalue weighted by molar-refractivity contribution is 5.87. The molecule has 0 aliphatic rings. The summed E-state index contributed by atoms with van der Waals surface area (Å²) in [7, 11) is 0. The molecule has 0 atom stereocenters. The van der Waals surface area contributed by atoms with Gasteiger partial charge in [0.25, 0.3) is 0 Å². The maximum Gasteiger partial charge on any atom is 0.126 e. The van der Waals surface area contributed by atoms with E-state index in [0.717, 1.165) is 29.7 Å². The lowest BCUT2D eigenvalue weighted by Crippen LogP contribution is -2.26. The van der Waals surface area contributed by atoms with Crippen molar-refractivity contribution in [2.24, 2.45) is 0 Å². The summed E-state index contributed by atoms with van der Waals surface area (Å²) in [5, 5.41) is 11.5. The fourth-order valence-electron chi connectivity index (χ4n) is 2.72. The summed E-state index contributed by atoms with van der Waals surface area (Å²) in [4.78, 5) is 11.5. The number of carbonyl (C=O) groups excluding carboxylic acids is 1. The van der Waals surface area contributed by atoms with E-state index in [1.54, 1.807) is 12.1 Å². The van der Waals surface area contributed by atoms with Gasteiger partial charge in [0.05, 0.1) is 12.6 Å². The van der Waals surface area contributed by atoms with E-state index in [0.29, 0.717) is 6.61 Å². The van der Waals surface area contributed by atoms with Gasteiger partial charge in [0, 0.05) is 11.1 Å². The van der Waals surface area contributed by atoms with Gasteiger partial charge in [-0.25, -0.2) is 0 Å². The normalized spacial score (nSPS) is 12.3. The van der Waals surface area contributed by atoms with Crippen LogP contribution in [0.5, 0.6) is 5.75 Å². The molecule has 24 heavy (non-hydrogen) atoms. The molecule has 0 aliphatic carbocycles. The zero-order chi connectivity index (χ0) is 18.5. The van der Waals surface area contributed by atoms with Crippen LogP contribution in [-0.2, 0) is 10.8 Å². The molecule has 3 nitrogen and oxygen atoms in total. The average molecular weight is 333 g/mol. The van der Waals surface area contributed by atoms with Crippen LogP contribution in [0, 0.1) is 0 Å². The Balaban J connectivity index is 3.32. The van der Waals surface area contributed by atoms with E-state index in [-0.39, 0.29) is 16.4 Å². The molecular weight excluding hydrogens is 300 g/mol.